The number of sulfonamides is 2. The van der Waals surface area contributed by atoms with Crippen LogP contribution in [0.5, 0.6) is 0 Å². The van der Waals surface area contributed by atoms with Gasteiger partial charge in [-0.1, -0.05) is 29.3 Å². The Morgan fingerprint density at radius 2 is 1.49 bits per heavy atom. The zero-order chi connectivity index (χ0) is 34.7. The SMILES string of the molecule is CN(c1ccc(/C=C/C(=O)OC(C)(C)C)cc1C(=O)Nc1ccc(S(=O)(=O)N2CCN(c3cc(Cl)cc(Cl)c3)CC2)cc1)S(C)(=O)=O. The smallest absolute Gasteiger partial charge is 0.331 e. The van der Waals surface area contributed by atoms with Gasteiger partial charge in [0.2, 0.25) is 20.0 Å². The Bertz CT molecular complexity index is 1880. The van der Waals surface area contributed by atoms with Crippen molar-refractivity contribution in [2.24, 2.45) is 0 Å². The summed E-state index contributed by atoms with van der Waals surface area (Å²) in [5.74, 6) is -1.22. The molecule has 0 bridgehead atoms. The number of esters is 1. The van der Waals surface area contributed by atoms with Gasteiger partial charge in [-0.3, -0.25) is 9.10 Å². The lowest BCUT2D eigenvalue weighted by Crippen LogP contribution is -2.48. The van der Waals surface area contributed by atoms with Crippen LogP contribution in [0.1, 0.15) is 36.7 Å². The Balaban J connectivity index is 1.50. The number of benzene rings is 3. The third-order valence-corrected chi connectivity index (χ3v) is 10.7. The molecule has 0 atom stereocenters. The molecule has 1 aliphatic heterocycles. The highest BCUT2D eigenvalue weighted by Gasteiger charge is 2.29. The number of rotatable bonds is 9. The van der Waals surface area contributed by atoms with Crippen molar-refractivity contribution in [2.45, 2.75) is 31.3 Å². The first-order chi connectivity index (χ1) is 21.8. The number of hydrogen-bond donors (Lipinski definition) is 1. The van der Waals surface area contributed by atoms with Gasteiger partial charge in [0.25, 0.3) is 5.91 Å². The molecule has 1 amide bonds. The van der Waals surface area contributed by atoms with Crippen molar-refractivity contribution in [2.75, 3.05) is 54.0 Å². The van der Waals surface area contributed by atoms with E-state index in [4.69, 9.17) is 27.9 Å². The van der Waals surface area contributed by atoms with E-state index in [1.807, 2.05) is 4.90 Å². The molecule has 1 saturated heterocycles. The van der Waals surface area contributed by atoms with E-state index in [1.165, 1.54) is 59.9 Å². The van der Waals surface area contributed by atoms with Crippen LogP contribution in [0.3, 0.4) is 0 Å². The van der Waals surface area contributed by atoms with E-state index < -0.39 is 37.5 Å². The van der Waals surface area contributed by atoms with Crippen LogP contribution >= 0.6 is 23.2 Å². The van der Waals surface area contributed by atoms with Gasteiger partial charge in [-0.15, -0.1) is 0 Å². The second-order valence-corrected chi connectivity index (χ2v) is 16.7. The molecule has 3 aromatic carbocycles. The second kappa shape index (κ2) is 14.2. The molecule has 0 aliphatic carbocycles. The zero-order valence-corrected chi connectivity index (χ0v) is 29.7. The maximum Gasteiger partial charge on any atom is 0.331 e. The summed E-state index contributed by atoms with van der Waals surface area (Å²) in [6.07, 6.45) is 3.68. The number of carbonyl (C=O) groups excluding carboxylic acids is 2. The summed E-state index contributed by atoms with van der Waals surface area (Å²) < 4.78 is 59.1. The van der Waals surface area contributed by atoms with Gasteiger partial charge < -0.3 is 15.0 Å². The van der Waals surface area contributed by atoms with Gasteiger partial charge in [-0.05, 0) is 87.0 Å². The van der Waals surface area contributed by atoms with Crippen LogP contribution in [0.4, 0.5) is 17.1 Å². The Hall–Kier alpha value is -3.62. The number of anilines is 3. The van der Waals surface area contributed by atoms with Crippen molar-refractivity contribution >= 4 is 78.3 Å². The van der Waals surface area contributed by atoms with Crippen molar-refractivity contribution in [3.63, 3.8) is 0 Å². The molecule has 0 saturated carbocycles. The minimum absolute atomic E-state index is 0.0137. The van der Waals surface area contributed by atoms with Crippen molar-refractivity contribution in [3.05, 3.63) is 87.9 Å². The first kappa shape index (κ1) is 36.2. The average Bonchev–Trinajstić information content (AvgIpc) is 2.98. The van der Waals surface area contributed by atoms with Crippen molar-refractivity contribution < 1.29 is 31.2 Å². The summed E-state index contributed by atoms with van der Waals surface area (Å²) in [6.45, 7) is 6.60. The zero-order valence-electron chi connectivity index (χ0n) is 26.5. The molecule has 0 aromatic heterocycles. The predicted octanol–water partition coefficient (Wildman–Crippen LogP) is 5.51. The molecule has 0 spiro atoms. The molecular formula is C32H36Cl2N4O7S2. The van der Waals surface area contributed by atoms with Gasteiger partial charge in [0.05, 0.1) is 22.4 Å². The molecule has 47 heavy (non-hydrogen) atoms. The fourth-order valence-corrected chi connectivity index (χ4v) is 7.21. The van der Waals surface area contributed by atoms with Gasteiger partial charge >= 0.3 is 5.97 Å². The van der Waals surface area contributed by atoms with Crippen molar-refractivity contribution in [1.29, 1.82) is 0 Å². The van der Waals surface area contributed by atoms with Crippen molar-refractivity contribution in [3.8, 4) is 0 Å². The molecule has 15 heteroatoms. The number of hydrogen-bond acceptors (Lipinski definition) is 8. The van der Waals surface area contributed by atoms with Gasteiger partial charge in [0.1, 0.15) is 5.60 Å². The van der Waals surface area contributed by atoms with Crippen LogP contribution in [0.2, 0.25) is 10.0 Å². The standard InChI is InChI=1S/C32H36Cl2N4O7S2/c1-32(2,3)45-30(39)13-7-22-6-12-29(36(4)46(5,41)42)28(18-22)31(40)35-25-8-10-27(11-9-25)47(43,44)38-16-14-37(15-17-38)26-20-23(33)19-24(34)21-26/h6-13,18-21H,14-17H2,1-5H3,(H,35,40)/b13-7+. The lowest BCUT2D eigenvalue weighted by molar-refractivity contribution is -0.148. The fraction of sp³-hybridized carbons (Fsp3) is 0.312. The van der Waals surface area contributed by atoms with E-state index in [9.17, 15) is 26.4 Å². The van der Waals surface area contributed by atoms with Gasteiger partial charge in [-0.2, -0.15) is 4.31 Å². The maximum absolute atomic E-state index is 13.5. The summed E-state index contributed by atoms with van der Waals surface area (Å²) in [6, 6.07) is 15.4. The van der Waals surface area contributed by atoms with Crippen LogP contribution in [0, 0.1) is 0 Å². The molecule has 3 aromatic rings. The van der Waals surface area contributed by atoms with Gasteiger partial charge in [0.15, 0.2) is 0 Å². The number of carbonyl (C=O) groups is 2. The summed E-state index contributed by atoms with van der Waals surface area (Å²) in [5, 5.41) is 3.70. The number of halogens is 2. The Kier molecular flexibility index (Phi) is 11.0. The molecule has 0 radical (unpaired) electrons. The van der Waals surface area contributed by atoms with E-state index >= 15 is 0 Å². The molecule has 1 N–H and O–H groups in total. The van der Waals surface area contributed by atoms with E-state index in [0.717, 1.165) is 16.2 Å². The normalized spacial score (nSPS) is 14.7. The number of amides is 1. The number of piperazine rings is 1. The quantitative estimate of drug-likeness (QED) is 0.226. The molecule has 1 heterocycles. The van der Waals surface area contributed by atoms with Crippen LogP contribution < -0.4 is 14.5 Å². The minimum Gasteiger partial charge on any atom is -0.457 e. The van der Waals surface area contributed by atoms with E-state index in [2.05, 4.69) is 5.32 Å². The summed E-state index contributed by atoms with van der Waals surface area (Å²) in [4.78, 5) is 27.7. The highest BCUT2D eigenvalue weighted by molar-refractivity contribution is 7.92. The topological polar surface area (TPSA) is 133 Å². The largest absolute Gasteiger partial charge is 0.457 e. The average molecular weight is 724 g/mol. The third-order valence-electron chi connectivity index (χ3n) is 7.12. The summed E-state index contributed by atoms with van der Waals surface area (Å²) in [5.41, 5.74) is 0.990. The van der Waals surface area contributed by atoms with E-state index in [1.54, 1.807) is 45.0 Å². The van der Waals surface area contributed by atoms with Crippen molar-refractivity contribution in [1.82, 2.24) is 4.31 Å². The van der Waals surface area contributed by atoms with E-state index in [0.29, 0.717) is 34.4 Å². The predicted molar refractivity (Wildman–Crippen MR) is 186 cm³/mol. The first-order valence-electron chi connectivity index (χ1n) is 14.5. The lowest BCUT2D eigenvalue weighted by atomic mass is 10.1. The summed E-state index contributed by atoms with van der Waals surface area (Å²) in [7, 11) is -6.23. The number of nitrogens with zero attached hydrogens (tertiary/aromatic N) is 3. The van der Waals surface area contributed by atoms with Crippen LogP contribution in [0.25, 0.3) is 6.08 Å². The van der Waals surface area contributed by atoms with Gasteiger partial charge in [-0.25, -0.2) is 21.6 Å². The third kappa shape index (κ3) is 9.48. The number of ether oxygens (including phenoxy) is 1. The molecule has 4 rings (SSSR count). The molecule has 1 aliphatic rings. The maximum atomic E-state index is 13.5. The van der Waals surface area contributed by atoms with Crippen LogP contribution in [-0.2, 0) is 29.6 Å². The fourth-order valence-electron chi connectivity index (χ4n) is 4.76. The van der Waals surface area contributed by atoms with Crippen LogP contribution in [-0.4, -0.2) is 78.1 Å². The highest BCUT2D eigenvalue weighted by Crippen LogP contribution is 2.29. The minimum atomic E-state index is -3.82. The Labute approximate surface area is 285 Å². The molecule has 252 valence electrons. The first-order valence-corrected chi connectivity index (χ1v) is 18.5. The molecule has 0 unspecified atom stereocenters. The van der Waals surface area contributed by atoms with E-state index in [-0.39, 0.29) is 29.2 Å². The second-order valence-electron chi connectivity index (χ2n) is 11.9. The highest BCUT2D eigenvalue weighted by atomic mass is 35.5. The molecular weight excluding hydrogens is 687 g/mol. The number of nitrogens with one attached hydrogen (secondary N) is 1. The Morgan fingerprint density at radius 3 is 2.04 bits per heavy atom. The lowest BCUT2D eigenvalue weighted by Gasteiger charge is -2.35. The monoisotopic (exact) mass is 722 g/mol. The Morgan fingerprint density at radius 1 is 0.894 bits per heavy atom. The van der Waals surface area contributed by atoms with Gasteiger partial charge in [0, 0.05) is 60.7 Å². The summed E-state index contributed by atoms with van der Waals surface area (Å²) >= 11 is 12.3. The molecule has 11 nitrogen and oxygen atoms in total. The molecule has 1 fully saturated rings. The van der Waals surface area contributed by atoms with Crippen LogP contribution in [0.15, 0.2) is 71.6 Å².